The van der Waals surface area contributed by atoms with Crippen molar-refractivity contribution in [3.63, 3.8) is 0 Å². The summed E-state index contributed by atoms with van der Waals surface area (Å²) < 4.78 is 24.8. The fraction of sp³-hybridized carbons (Fsp3) is 0.353. The predicted molar refractivity (Wildman–Crippen MR) is 177 cm³/mol. The zero-order chi connectivity index (χ0) is 34.5. The molecule has 2 heterocycles. The zero-order valence-corrected chi connectivity index (χ0v) is 28.1. The molecule has 12 nitrogen and oxygen atoms in total. The highest BCUT2D eigenvalue weighted by Gasteiger charge is 2.28. The number of carbonyl (C=O) groups excluding carboxylic acids is 2. The van der Waals surface area contributed by atoms with Gasteiger partial charge in [0.15, 0.2) is 5.75 Å². The van der Waals surface area contributed by atoms with Gasteiger partial charge in [0.05, 0.1) is 60.6 Å². The van der Waals surface area contributed by atoms with Crippen molar-refractivity contribution in [1.82, 2.24) is 9.13 Å². The van der Waals surface area contributed by atoms with E-state index in [-0.39, 0.29) is 24.0 Å². The van der Waals surface area contributed by atoms with Gasteiger partial charge in [-0.05, 0) is 70.9 Å². The number of esters is 2. The molecule has 12 heteroatoms. The van der Waals surface area contributed by atoms with Crippen LogP contribution in [0, 0.1) is 37.8 Å². The number of aromatic nitrogens is 2. The highest BCUT2D eigenvalue weighted by molar-refractivity contribution is 5.97. The molecule has 0 saturated heterocycles. The van der Waals surface area contributed by atoms with E-state index < -0.39 is 10.9 Å². The molecule has 0 unspecified atom stereocenters. The highest BCUT2D eigenvalue weighted by atomic mass is 16.6. The number of nitrogens with two attached hydrogens (primary N) is 1. The Balaban J connectivity index is 0.000000251. The van der Waals surface area contributed by atoms with Crippen LogP contribution in [0.25, 0.3) is 22.5 Å². The van der Waals surface area contributed by atoms with E-state index in [1.807, 2.05) is 49.1 Å². The molecule has 0 aliphatic heterocycles. The van der Waals surface area contributed by atoms with Crippen LogP contribution in [0.2, 0.25) is 0 Å². The van der Waals surface area contributed by atoms with Gasteiger partial charge in [0.1, 0.15) is 0 Å². The first-order valence-corrected chi connectivity index (χ1v) is 14.7. The van der Waals surface area contributed by atoms with Crippen LogP contribution in [0.1, 0.15) is 57.1 Å². The van der Waals surface area contributed by atoms with Crippen LogP contribution in [0.5, 0.6) is 11.5 Å². The molecule has 0 aliphatic rings. The first-order chi connectivity index (χ1) is 21.8. The smallest absolute Gasteiger partial charge is 0.340 e. The Hall–Kier alpha value is -5.26. The predicted octanol–water partition coefficient (Wildman–Crippen LogP) is 6.48. The van der Waals surface area contributed by atoms with Crippen molar-refractivity contribution in [2.24, 2.45) is 14.1 Å². The monoisotopic (exact) mass is 634 g/mol. The number of methoxy groups -OCH3 is 2. The minimum Gasteiger partial charge on any atom is -0.494 e. The number of nitro groups is 1. The third kappa shape index (κ3) is 6.42. The lowest BCUT2D eigenvalue weighted by atomic mass is 10.0. The largest absolute Gasteiger partial charge is 0.494 e. The minimum atomic E-state index is -0.486. The van der Waals surface area contributed by atoms with E-state index in [2.05, 4.69) is 0 Å². The van der Waals surface area contributed by atoms with Crippen molar-refractivity contribution in [1.29, 1.82) is 0 Å². The quantitative estimate of drug-likeness (QED) is 0.0944. The Kier molecular flexibility index (Phi) is 11.2. The number of hydrogen-bond acceptors (Lipinski definition) is 9. The molecule has 0 spiro atoms. The van der Waals surface area contributed by atoms with Gasteiger partial charge in [0, 0.05) is 42.7 Å². The molecule has 2 N–H and O–H groups in total. The van der Waals surface area contributed by atoms with Crippen LogP contribution in [0.15, 0.2) is 36.4 Å². The molecule has 0 radical (unpaired) electrons. The topological polar surface area (TPSA) is 150 Å². The number of hydrogen-bond donors (Lipinski definition) is 1. The van der Waals surface area contributed by atoms with Gasteiger partial charge in [-0.25, -0.2) is 9.59 Å². The molecular formula is C34H42N4O8. The Morgan fingerprint density at radius 3 is 1.57 bits per heavy atom. The van der Waals surface area contributed by atoms with E-state index >= 15 is 0 Å². The third-order valence-corrected chi connectivity index (χ3v) is 7.98. The number of rotatable bonds is 9. The second-order valence-electron chi connectivity index (χ2n) is 10.5. The first kappa shape index (κ1) is 35.2. The third-order valence-electron chi connectivity index (χ3n) is 7.98. The summed E-state index contributed by atoms with van der Waals surface area (Å²) in [5.41, 5.74) is 13.7. The van der Waals surface area contributed by atoms with Gasteiger partial charge < -0.3 is 33.8 Å². The summed E-state index contributed by atoms with van der Waals surface area (Å²) in [6.07, 6.45) is 0. The van der Waals surface area contributed by atoms with Gasteiger partial charge in [-0.3, -0.25) is 10.1 Å². The molecule has 0 amide bonds. The van der Waals surface area contributed by atoms with E-state index in [1.54, 1.807) is 53.1 Å². The number of nitrogens with zero attached hydrogens (tertiary/aromatic N) is 3. The van der Waals surface area contributed by atoms with Crippen molar-refractivity contribution in [2.45, 2.75) is 41.5 Å². The van der Waals surface area contributed by atoms with Gasteiger partial charge in [-0.1, -0.05) is 12.1 Å². The SMILES string of the molecule is CCOC(=O)c1c(C)c(-c2cccc(N)c2OC)n(C)c1C.CCOC(=O)c1c(C)c(-c2cccc([N+](=O)[O-])c2OC)n(C)c1C. The molecule has 2 aromatic carbocycles. The van der Waals surface area contributed by atoms with Gasteiger partial charge in [0.2, 0.25) is 5.75 Å². The molecule has 4 rings (SSSR count). The molecule has 0 aliphatic carbocycles. The zero-order valence-electron chi connectivity index (χ0n) is 28.1. The van der Waals surface area contributed by atoms with Crippen molar-refractivity contribution >= 4 is 23.3 Å². The van der Waals surface area contributed by atoms with Crippen molar-refractivity contribution in [3.05, 3.63) is 80.2 Å². The maximum atomic E-state index is 12.2. The summed E-state index contributed by atoms with van der Waals surface area (Å²) >= 11 is 0. The maximum Gasteiger partial charge on any atom is 0.340 e. The second-order valence-corrected chi connectivity index (χ2v) is 10.5. The number of para-hydroxylation sites is 2. The Labute approximate surface area is 268 Å². The summed E-state index contributed by atoms with van der Waals surface area (Å²) in [4.78, 5) is 35.2. The van der Waals surface area contributed by atoms with Crippen LogP contribution in [-0.4, -0.2) is 53.4 Å². The lowest BCUT2D eigenvalue weighted by Crippen LogP contribution is -2.07. The minimum absolute atomic E-state index is 0.120. The van der Waals surface area contributed by atoms with Crippen molar-refractivity contribution in [2.75, 3.05) is 33.2 Å². The second kappa shape index (κ2) is 14.7. The highest BCUT2D eigenvalue weighted by Crippen LogP contribution is 2.41. The summed E-state index contributed by atoms with van der Waals surface area (Å²) in [5.74, 6) is 0.0733. The van der Waals surface area contributed by atoms with E-state index in [1.165, 1.54) is 13.2 Å². The molecule has 0 atom stereocenters. The summed E-state index contributed by atoms with van der Waals surface area (Å²) in [6.45, 7) is 11.6. The molecule has 0 saturated carbocycles. The van der Waals surface area contributed by atoms with E-state index in [9.17, 15) is 19.7 Å². The van der Waals surface area contributed by atoms with E-state index in [0.29, 0.717) is 46.0 Å². The molecular weight excluding hydrogens is 592 g/mol. The lowest BCUT2D eigenvalue weighted by Gasteiger charge is -2.13. The molecule has 246 valence electrons. The van der Waals surface area contributed by atoms with Crippen LogP contribution < -0.4 is 15.2 Å². The number of ether oxygens (including phenoxy) is 4. The molecule has 2 aromatic heterocycles. The van der Waals surface area contributed by atoms with Gasteiger partial charge in [0.25, 0.3) is 0 Å². The van der Waals surface area contributed by atoms with Gasteiger partial charge in [-0.2, -0.15) is 0 Å². The summed E-state index contributed by atoms with van der Waals surface area (Å²) in [7, 11) is 6.71. The van der Waals surface area contributed by atoms with E-state index in [4.69, 9.17) is 24.7 Å². The fourth-order valence-corrected chi connectivity index (χ4v) is 5.77. The lowest BCUT2D eigenvalue weighted by molar-refractivity contribution is -0.385. The normalized spacial score (nSPS) is 10.6. The van der Waals surface area contributed by atoms with Gasteiger partial charge in [-0.15, -0.1) is 0 Å². The van der Waals surface area contributed by atoms with Crippen LogP contribution in [0.3, 0.4) is 0 Å². The molecule has 0 bridgehead atoms. The van der Waals surface area contributed by atoms with Crippen LogP contribution in [-0.2, 0) is 23.6 Å². The summed E-state index contributed by atoms with van der Waals surface area (Å²) in [6, 6.07) is 10.3. The number of anilines is 1. The average Bonchev–Trinajstić information content (AvgIpc) is 3.37. The first-order valence-electron chi connectivity index (χ1n) is 14.7. The number of carbonyl (C=O) groups is 2. The number of nitrogen functional groups attached to an aromatic ring is 1. The van der Waals surface area contributed by atoms with Crippen molar-refractivity contribution < 1.29 is 33.5 Å². The summed E-state index contributed by atoms with van der Waals surface area (Å²) in [5, 5.41) is 11.2. The Bertz CT molecular complexity index is 1780. The molecule has 46 heavy (non-hydrogen) atoms. The Morgan fingerprint density at radius 1 is 0.761 bits per heavy atom. The fourth-order valence-electron chi connectivity index (χ4n) is 5.77. The average molecular weight is 635 g/mol. The van der Waals surface area contributed by atoms with Gasteiger partial charge >= 0.3 is 17.6 Å². The number of benzene rings is 2. The Morgan fingerprint density at radius 2 is 1.17 bits per heavy atom. The van der Waals surface area contributed by atoms with E-state index in [0.717, 1.165) is 28.2 Å². The number of nitro benzene ring substituents is 1. The van der Waals surface area contributed by atoms with Crippen LogP contribution >= 0.6 is 0 Å². The molecule has 4 aromatic rings. The maximum absolute atomic E-state index is 12.2. The van der Waals surface area contributed by atoms with Crippen LogP contribution in [0.4, 0.5) is 11.4 Å². The van der Waals surface area contributed by atoms with Crippen molar-refractivity contribution in [3.8, 4) is 34.0 Å². The standard InChI is InChI=1S/C17H20N2O5.C17H22N2O3/c1-6-24-17(20)14-10(2)15(18(4)11(14)3)12-8-7-9-13(19(21)22)16(12)23-5;1-6-22-17(20)14-10(2)15(19(4)11(14)3)12-8-7-9-13(18)16(12)21-5/h7-9H,6H2,1-5H3;7-9H,6,18H2,1-5H3. The molecule has 0 fully saturated rings.